The van der Waals surface area contributed by atoms with Crippen molar-refractivity contribution >= 4 is 11.1 Å². The van der Waals surface area contributed by atoms with Crippen molar-refractivity contribution in [2.75, 3.05) is 7.11 Å². The first-order valence-corrected chi connectivity index (χ1v) is 3.90. The molecule has 0 aromatic carbocycles. The van der Waals surface area contributed by atoms with Crippen LogP contribution in [0.15, 0.2) is 11.1 Å². The summed E-state index contributed by atoms with van der Waals surface area (Å²) >= 11 is -2.25. The van der Waals surface area contributed by atoms with Gasteiger partial charge in [0.05, 0.1) is 7.11 Å². The van der Waals surface area contributed by atoms with E-state index in [0.717, 1.165) is 0 Å². The molecule has 62 valence electrons. The molecule has 0 bridgehead atoms. The average molecular weight is 182 g/mol. The Morgan fingerprint density at radius 3 is 2.58 bits per heavy atom. The fraction of sp³-hybridized carbons (Fsp3) is 0.400. The van der Waals surface area contributed by atoms with E-state index in [1.165, 1.54) is 24.9 Å². The first-order valence-electron chi connectivity index (χ1n) is 2.82. The van der Waals surface area contributed by atoms with Crippen molar-refractivity contribution in [3.8, 4) is 5.88 Å². The maximum Gasteiger partial charge on any atom is 1.00 e. The number of aryl methyl sites for hydroxylation is 1. The van der Waals surface area contributed by atoms with E-state index < -0.39 is 11.1 Å². The molecule has 1 unspecified atom stereocenters. The van der Waals surface area contributed by atoms with Gasteiger partial charge in [0.25, 0.3) is 0 Å². The van der Waals surface area contributed by atoms with E-state index >= 15 is 0 Å². The van der Waals surface area contributed by atoms with Gasteiger partial charge < -0.3 is 9.29 Å². The number of hydrogen-bond acceptors (Lipinski definition) is 4. The molecule has 0 fully saturated rings. The molecule has 1 rings (SSSR count). The smallest absolute Gasteiger partial charge is 0.767 e. The van der Waals surface area contributed by atoms with Crippen molar-refractivity contribution in [2.45, 2.75) is 5.03 Å². The second kappa shape index (κ2) is 4.67. The van der Waals surface area contributed by atoms with Crippen LogP contribution in [0.4, 0.5) is 0 Å². The van der Waals surface area contributed by atoms with Gasteiger partial charge in [-0.2, -0.15) is 0 Å². The van der Waals surface area contributed by atoms with Crippen molar-refractivity contribution in [3.05, 3.63) is 6.07 Å². The quantitative estimate of drug-likeness (QED) is 0.354. The Morgan fingerprint density at radius 2 is 2.33 bits per heavy atom. The van der Waals surface area contributed by atoms with Gasteiger partial charge in [0.1, 0.15) is 5.03 Å². The van der Waals surface area contributed by atoms with Crippen LogP contribution in [-0.2, 0) is 18.1 Å². The molecule has 5 nitrogen and oxygen atoms in total. The molecule has 0 spiro atoms. The maximum absolute atomic E-state index is 10.4. The second-order valence-corrected chi connectivity index (χ2v) is 2.77. The van der Waals surface area contributed by atoms with Crippen LogP contribution in [0, 0.1) is 0 Å². The Kier molecular flexibility index (Phi) is 4.56. The third-order valence-electron chi connectivity index (χ3n) is 1.19. The van der Waals surface area contributed by atoms with E-state index in [4.69, 9.17) is 4.74 Å². The molecular formula is C5H7LiN2O3S. The van der Waals surface area contributed by atoms with Crippen LogP contribution in [-0.4, -0.2) is 25.7 Å². The summed E-state index contributed by atoms with van der Waals surface area (Å²) in [6, 6.07) is 1.35. The summed E-state index contributed by atoms with van der Waals surface area (Å²) in [6.07, 6.45) is 0. The number of rotatable bonds is 2. The van der Waals surface area contributed by atoms with Gasteiger partial charge in [-0.15, -0.1) is 5.10 Å². The summed E-state index contributed by atoms with van der Waals surface area (Å²) in [5.74, 6) is 0.298. The average Bonchev–Trinajstić information content (AvgIpc) is 2.30. The minimum atomic E-state index is -2.25. The Hall–Kier alpha value is -0.283. The molecule has 0 radical (unpaired) electrons. The van der Waals surface area contributed by atoms with Crippen LogP contribution in [0.5, 0.6) is 5.88 Å². The number of nitrogens with zero attached hydrogens (tertiary/aromatic N) is 2. The molecule has 0 aliphatic carbocycles. The normalized spacial score (nSPS) is 11.9. The Labute approximate surface area is 84.6 Å². The maximum atomic E-state index is 10.4. The van der Waals surface area contributed by atoms with Gasteiger partial charge in [-0.1, -0.05) is 0 Å². The molecular weight excluding hydrogens is 175 g/mol. The zero-order valence-electron chi connectivity index (χ0n) is 7.10. The third kappa shape index (κ3) is 2.35. The number of hydrogen-bond donors (Lipinski definition) is 0. The van der Waals surface area contributed by atoms with Gasteiger partial charge >= 0.3 is 18.9 Å². The van der Waals surface area contributed by atoms with Gasteiger partial charge in [-0.25, -0.2) is 0 Å². The number of ether oxygens (including phenoxy) is 1. The Balaban J connectivity index is 0.00000121. The monoisotopic (exact) mass is 182 g/mol. The molecule has 0 saturated heterocycles. The molecule has 0 aliphatic heterocycles. The fourth-order valence-electron chi connectivity index (χ4n) is 0.681. The largest absolute Gasteiger partial charge is 1.00 e. The van der Waals surface area contributed by atoms with Gasteiger partial charge in [-0.05, 0) is 11.1 Å². The topological polar surface area (TPSA) is 67.2 Å². The fourth-order valence-corrected chi connectivity index (χ4v) is 1.13. The van der Waals surface area contributed by atoms with Crippen LogP contribution in [0.1, 0.15) is 0 Å². The van der Waals surface area contributed by atoms with Crippen molar-refractivity contribution in [3.63, 3.8) is 0 Å². The molecule has 1 atom stereocenters. The van der Waals surface area contributed by atoms with E-state index in [9.17, 15) is 8.76 Å². The van der Waals surface area contributed by atoms with Crippen LogP contribution < -0.4 is 23.6 Å². The van der Waals surface area contributed by atoms with E-state index in [0.29, 0.717) is 5.88 Å². The summed E-state index contributed by atoms with van der Waals surface area (Å²) < 4.78 is 26.8. The number of aromatic nitrogens is 2. The minimum absolute atomic E-state index is 0. The molecule has 0 N–H and O–H groups in total. The molecule has 12 heavy (non-hydrogen) atoms. The predicted molar refractivity (Wildman–Crippen MR) is 36.9 cm³/mol. The SMILES string of the molecule is COc1cc(S(=O)[O-])n(C)n1.[Li+]. The summed E-state index contributed by atoms with van der Waals surface area (Å²) in [4.78, 5) is 0. The van der Waals surface area contributed by atoms with Crippen LogP contribution in [0.2, 0.25) is 0 Å². The third-order valence-corrected chi connectivity index (χ3v) is 1.92. The summed E-state index contributed by atoms with van der Waals surface area (Å²) in [7, 11) is 2.97. The van der Waals surface area contributed by atoms with Gasteiger partial charge in [0, 0.05) is 13.1 Å². The van der Waals surface area contributed by atoms with Gasteiger partial charge in [-0.3, -0.25) is 8.89 Å². The molecule has 7 heteroatoms. The molecule has 1 aromatic heterocycles. The molecule has 0 saturated carbocycles. The van der Waals surface area contributed by atoms with Crippen molar-refractivity contribution in [1.29, 1.82) is 0 Å². The molecule has 0 aliphatic rings. The summed E-state index contributed by atoms with van der Waals surface area (Å²) in [6.45, 7) is 0. The summed E-state index contributed by atoms with van der Waals surface area (Å²) in [5, 5.41) is 3.86. The van der Waals surface area contributed by atoms with Crippen molar-refractivity contribution in [2.24, 2.45) is 7.05 Å². The van der Waals surface area contributed by atoms with Crippen LogP contribution >= 0.6 is 0 Å². The van der Waals surface area contributed by atoms with E-state index in [-0.39, 0.29) is 23.9 Å². The standard InChI is InChI=1S/C5H8N2O3S.Li/c1-7-5(11(8)9)3-4(6-7)10-2;/h3H,1-2H3,(H,8,9);/q;+1/p-1. The Bertz CT molecular complexity index is 288. The molecule has 1 aromatic rings. The summed E-state index contributed by atoms with van der Waals surface area (Å²) in [5.41, 5.74) is 0. The van der Waals surface area contributed by atoms with Crippen LogP contribution in [0.3, 0.4) is 0 Å². The van der Waals surface area contributed by atoms with Crippen LogP contribution in [0.25, 0.3) is 0 Å². The second-order valence-electron chi connectivity index (χ2n) is 1.88. The van der Waals surface area contributed by atoms with E-state index in [1.54, 1.807) is 0 Å². The zero-order chi connectivity index (χ0) is 8.43. The van der Waals surface area contributed by atoms with E-state index in [1.807, 2.05) is 0 Å². The predicted octanol–water partition coefficient (Wildman–Crippen LogP) is -3.33. The van der Waals surface area contributed by atoms with Crippen molar-refractivity contribution in [1.82, 2.24) is 9.78 Å². The minimum Gasteiger partial charge on any atom is -0.767 e. The van der Waals surface area contributed by atoms with E-state index in [2.05, 4.69) is 5.10 Å². The Morgan fingerprint density at radius 1 is 1.75 bits per heavy atom. The first kappa shape index (κ1) is 11.7. The van der Waals surface area contributed by atoms with Gasteiger partial charge in [0.15, 0.2) is 0 Å². The number of methoxy groups -OCH3 is 1. The molecule has 1 heterocycles. The van der Waals surface area contributed by atoms with Crippen molar-refractivity contribution < 1.29 is 32.4 Å². The van der Waals surface area contributed by atoms with Gasteiger partial charge in [0.2, 0.25) is 5.88 Å². The zero-order valence-corrected chi connectivity index (χ0v) is 7.92. The first-order chi connectivity index (χ1) is 5.15. The molecule has 0 amide bonds.